The largest absolute Gasteiger partial charge is 0.332 e. The molecule has 0 saturated carbocycles. The molecule has 0 aromatic rings. The van der Waals surface area contributed by atoms with Gasteiger partial charge in [-0.25, -0.2) is 0 Å². The lowest BCUT2D eigenvalue weighted by atomic mass is 10.0. The molecule has 2 fully saturated rings. The average Bonchev–Trinajstić information content (AvgIpc) is 2.74. The third-order valence-electron chi connectivity index (χ3n) is 4.69. The van der Waals surface area contributed by atoms with E-state index in [-0.39, 0.29) is 12.1 Å². The first-order valence-corrected chi connectivity index (χ1v) is 9.17. The maximum absolute atomic E-state index is 12.2. The summed E-state index contributed by atoms with van der Waals surface area (Å²) in [5, 5.41) is 0. The van der Waals surface area contributed by atoms with Gasteiger partial charge in [0, 0.05) is 44.2 Å². The molecule has 6 nitrogen and oxygen atoms in total. The van der Waals surface area contributed by atoms with Gasteiger partial charge in [-0.1, -0.05) is 6.92 Å². The molecule has 2 atom stereocenters. The molecule has 2 saturated heterocycles. The number of rotatable bonds is 4. The van der Waals surface area contributed by atoms with Crippen LogP contribution < -0.4 is 4.72 Å². The van der Waals surface area contributed by atoms with Crippen molar-refractivity contribution in [2.75, 3.05) is 19.6 Å². The predicted molar refractivity (Wildman–Crippen MR) is 83.2 cm³/mol. The summed E-state index contributed by atoms with van der Waals surface area (Å²) < 4.78 is 28.8. The Morgan fingerprint density at radius 2 is 2.10 bits per heavy atom. The van der Waals surface area contributed by atoms with Gasteiger partial charge in [0.25, 0.3) is 10.2 Å². The molecule has 118 valence electrons. The van der Waals surface area contributed by atoms with Gasteiger partial charge in [0.15, 0.2) is 0 Å². The van der Waals surface area contributed by atoms with Crippen molar-refractivity contribution in [3.63, 3.8) is 0 Å². The fourth-order valence-electron chi connectivity index (χ4n) is 3.18. The van der Waals surface area contributed by atoms with Crippen molar-refractivity contribution in [3.8, 4) is 0 Å². The second-order valence-electron chi connectivity index (χ2n) is 6.09. The molecule has 3 aliphatic heterocycles. The van der Waals surface area contributed by atoms with Gasteiger partial charge in [0.2, 0.25) is 0 Å². The zero-order valence-electron chi connectivity index (χ0n) is 13.0. The molecular formula is C14H24N4O2S. The van der Waals surface area contributed by atoms with Crippen LogP contribution in [0.3, 0.4) is 0 Å². The van der Waals surface area contributed by atoms with E-state index in [1.807, 2.05) is 0 Å². The summed E-state index contributed by atoms with van der Waals surface area (Å²) in [6.45, 7) is 8.29. The summed E-state index contributed by atoms with van der Waals surface area (Å²) in [5.74, 6) is 1.08. The van der Waals surface area contributed by atoms with Gasteiger partial charge in [-0.05, 0) is 25.8 Å². The van der Waals surface area contributed by atoms with E-state index >= 15 is 0 Å². The summed E-state index contributed by atoms with van der Waals surface area (Å²) in [6.07, 6.45) is 2.61. The summed E-state index contributed by atoms with van der Waals surface area (Å²) in [4.78, 5) is 6.92. The molecule has 0 aromatic heterocycles. The molecule has 0 aromatic carbocycles. The number of nitrogens with one attached hydrogen (secondary N) is 1. The third kappa shape index (κ3) is 2.62. The minimum absolute atomic E-state index is 0.0531. The smallest absolute Gasteiger partial charge is 0.279 e. The van der Waals surface area contributed by atoms with Crippen LogP contribution in [0.4, 0.5) is 0 Å². The van der Waals surface area contributed by atoms with Crippen molar-refractivity contribution in [1.29, 1.82) is 0 Å². The number of hydrogen-bond donors (Lipinski definition) is 1. The Labute approximate surface area is 127 Å². The van der Waals surface area contributed by atoms with E-state index in [1.165, 1.54) is 15.6 Å². The minimum Gasteiger partial charge on any atom is -0.332 e. The van der Waals surface area contributed by atoms with E-state index in [9.17, 15) is 8.42 Å². The predicted octanol–water partition coefficient (Wildman–Crippen LogP) is 1.09. The molecule has 0 amide bonds. The third-order valence-corrected chi connectivity index (χ3v) is 6.37. The van der Waals surface area contributed by atoms with Crippen molar-refractivity contribution < 1.29 is 8.42 Å². The first-order valence-electron chi connectivity index (χ1n) is 7.73. The summed E-state index contributed by atoms with van der Waals surface area (Å²) >= 11 is 0. The Hall–Kier alpha value is -0.920. The molecule has 2 unspecified atom stereocenters. The van der Waals surface area contributed by atoms with Crippen LogP contribution in [0.5, 0.6) is 0 Å². The first kappa shape index (κ1) is 15.0. The standard InChI is InChI=1S/C14H24N4O2S/c1-4-14-15-11(3)10(2)13-8-12(9-18(13)14)16-21(19,20)17-6-5-7-17/h11-12,16H,4-9H2,1-3H3. The molecule has 3 rings (SSSR count). The highest BCUT2D eigenvalue weighted by Crippen LogP contribution is 2.32. The lowest BCUT2D eigenvalue weighted by Gasteiger charge is -2.31. The van der Waals surface area contributed by atoms with Crippen molar-refractivity contribution in [3.05, 3.63) is 11.3 Å². The fraction of sp³-hybridized carbons (Fsp3) is 0.786. The van der Waals surface area contributed by atoms with Gasteiger partial charge in [-0.3, -0.25) is 4.99 Å². The van der Waals surface area contributed by atoms with E-state index < -0.39 is 10.2 Å². The topological polar surface area (TPSA) is 65.0 Å². The lowest BCUT2D eigenvalue weighted by molar-refractivity contribution is 0.302. The van der Waals surface area contributed by atoms with Crippen molar-refractivity contribution in [2.45, 2.75) is 52.1 Å². The van der Waals surface area contributed by atoms with Gasteiger partial charge in [-0.15, -0.1) is 0 Å². The van der Waals surface area contributed by atoms with Crippen LogP contribution >= 0.6 is 0 Å². The van der Waals surface area contributed by atoms with Crippen LogP contribution in [0, 0.1) is 0 Å². The SMILES string of the molecule is CCC1=NC(C)C(C)=C2CC(NS(=O)(=O)N3CCC3)CN12. The number of aliphatic imine (C=N–C) groups is 1. The zero-order chi connectivity index (χ0) is 15.2. The van der Waals surface area contributed by atoms with Crippen LogP contribution in [0.2, 0.25) is 0 Å². The highest BCUT2D eigenvalue weighted by molar-refractivity contribution is 7.87. The van der Waals surface area contributed by atoms with Gasteiger partial charge in [0.1, 0.15) is 5.84 Å². The maximum atomic E-state index is 12.2. The van der Waals surface area contributed by atoms with Gasteiger partial charge < -0.3 is 4.90 Å². The number of amidine groups is 1. The normalized spacial score (nSPS) is 30.2. The monoisotopic (exact) mass is 312 g/mol. The molecule has 7 heteroatoms. The van der Waals surface area contributed by atoms with E-state index in [1.54, 1.807) is 0 Å². The molecule has 0 aliphatic carbocycles. The summed E-state index contributed by atoms with van der Waals surface area (Å²) in [6, 6.07) is 0.152. The van der Waals surface area contributed by atoms with Crippen molar-refractivity contribution >= 4 is 16.0 Å². The molecule has 0 spiro atoms. The number of hydrogen-bond acceptors (Lipinski definition) is 4. The highest BCUT2D eigenvalue weighted by Gasteiger charge is 2.37. The quantitative estimate of drug-likeness (QED) is 0.845. The highest BCUT2D eigenvalue weighted by atomic mass is 32.2. The van der Waals surface area contributed by atoms with E-state index in [4.69, 9.17) is 4.99 Å². The van der Waals surface area contributed by atoms with Crippen LogP contribution in [0.15, 0.2) is 16.3 Å². The van der Waals surface area contributed by atoms with E-state index in [2.05, 4.69) is 30.4 Å². The Morgan fingerprint density at radius 3 is 2.67 bits per heavy atom. The van der Waals surface area contributed by atoms with Crippen molar-refractivity contribution in [1.82, 2.24) is 13.9 Å². The zero-order valence-corrected chi connectivity index (χ0v) is 13.8. The molecule has 3 aliphatic rings. The molecular weight excluding hydrogens is 288 g/mol. The summed E-state index contributed by atoms with van der Waals surface area (Å²) in [7, 11) is -3.31. The molecule has 1 N–H and O–H groups in total. The van der Waals surface area contributed by atoms with E-state index in [0.717, 1.165) is 25.1 Å². The van der Waals surface area contributed by atoms with Crippen LogP contribution in [-0.2, 0) is 10.2 Å². The number of nitrogens with zero attached hydrogens (tertiary/aromatic N) is 3. The molecule has 0 bridgehead atoms. The maximum Gasteiger partial charge on any atom is 0.279 e. The van der Waals surface area contributed by atoms with Gasteiger partial charge in [-0.2, -0.15) is 17.4 Å². The second-order valence-corrected chi connectivity index (χ2v) is 7.79. The lowest BCUT2D eigenvalue weighted by Crippen LogP contribution is -2.51. The van der Waals surface area contributed by atoms with Gasteiger partial charge in [0.05, 0.1) is 6.04 Å². The minimum atomic E-state index is -3.31. The van der Waals surface area contributed by atoms with Crippen molar-refractivity contribution in [2.24, 2.45) is 4.99 Å². The second kappa shape index (κ2) is 5.37. The number of fused-ring (bicyclic) bond motifs is 1. The van der Waals surface area contributed by atoms with Gasteiger partial charge >= 0.3 is 0 Å². The Balaban J connectivity index is 1.76. The fourth-order valence-corrected chi connectivity index (χ4v) is 4.65. The van der Waals surface area contributed by atoms with Crippen LogP contribution in [0.1, 0.15) is 40.0 Å². The van der Waals surface area contributed by atoms with E-state index in [0.29, 0.717) is 19.6 Å². The summed E-state index contributed by atoms with van der Waals surface area (Å²) in [5.41, 5.74) is 2.52. The average molecular weight is 312 g/mol. The molecule has 3 heterocycles. The molecule has 21 heavy (non-hydrogen) atoms. The Bertz CT molecular complexity index is 592. The van der Waals surface area contributed by atoms with Crippen LogP contribution in [0.25, 0.3) is 0 Å². The Morgan fingerprint density at radius 1 is 1.38 bits per heavy atom. The first-order chi connectivity index (χ1) is 9.92. The van der Waals surface area contributed by atoms with Crippen LogP contribution in [-0.4, -0.2) is 55.2 Å². The Kier molecular flexibility index (Phi) is 3.83. The molecule has 0 radical (unpaired) electrons.